The summed E-state index contributed by atoms with van der Waals surface area (Å²) in [5.74, 6) is 0. The molecule has 0 N–H and O–H groups in total. The molecule has 4 nitrogen and oxygen atoms in total. The number of fused-ring (bicyclic) bond motifs is 1. The molecule has 1 aromatic carbocycles. The normalized spacial score (nSPS) is 9.05. The minimum atomic E-state index is 0.845. The van der Waals surface area contributed by atoms with E-state index >= 15 is 0 Å². The van der Waals surface area contributed by atoms with Crippen LogP contribution in [-0.4, -0.2) is 14.3 Å². The molecule has 0 spiro atoms. The summed E-state index contributed by atoms with van der Waals surface area (Å²) in [6.45, 7) is 0. The van der Waals surface area contributed by atoms with E-state index in [4.69, 9.17) is 4.42 Å². The fourth-order valence-electron chi connectivity index (χ4n) is 1.15. The summed E-state index contributed by atoms with van der Waals surface area (Å²) in [5.41, 5.74) is 3.55. The lowest BCUT2D eigenvalue weighted by molar-refractivity contribution is 0.602. The van der Waals surface area contributed by atoms with Crippen molar-refractivity contribution in [2.75, 3.05) is 0 Å². The van der Waals surface area contributed by atoms with Crippen LogP contribution in [0.15, 0.2) is 69.8 Å². The van der Waals surface area contributed by atoms with E-state index in [0.717, 1.165) is 11.1 Å². The Hall–Kier alpha value is -2.05. The number of aromatic nitrogens is 3. The number of rotatable bonds is 0. The number of oxazole rings is 1. The number of benzene rings is 1. The smallest absolute Gasteiger partial charge is 0.181 e. The monoisotopic (exact) mass is 289 g/mol. The lowest BCUT2D eigenvalue weighted by Crippen LogP contribution is -1.61. The number of hydrogen-bond donors (Lipinski definition) is 0. The molecule has 0 aliphatic heterocycles. The van der Waals surface area contributed by atoms with Gasteiger partial charge in [0, 0.05) is 23.2 Å². The third-order valence-electron chi connectivity index (χ3n) is 1.93. The average Bonchev–Trinajstić information content (AvgIpc) is 3.22. The maximum atomic E-state index is 5.01. The van der Waals surface area contributed by atoms with Crippen molar-refractivity contribution in [3.63, 3.8) is 0 Å². The molecule has 96 valence electrons. The summed E-state index contributed by atoms with van der Waals surface area (Å²) in [7, 11) is 0. The summed E-state index contributed by atoms with van der Waals surface area (Å²) < 4.78 is 8.77. The van der Waals surface area contributed by atoms with Crippen LogP contribution in [0, 0.1) is 0 Å². The SMILES string of the molecule is c1ccc2ocnc2c1.c1cnsc1.c1cscn1. The zero-order chi connectivity index (χ0) is 13.2. The zero-order valence-corrected chi connectivity index (χ0v) is 11.6. The summed E-state index contributed by atoms with van der Waals surface area (Å²) in [6.07, 6.45) is 4.99. The van der Waals surface area contributed by atoms with E-state index in [1.165, 1.54) is 17.9 Å². The molecule has 4 aromatic rings. The molecule has 0 bridgehead atoms. The molecule has 6 heteroatoms. The molecular weight excluding hydrogens is 278 g/mol. The highest BCUT2D eigenvalue weighted by Gasteiger charge is 1.91. The molecule has 19 heavy (non-hydrogen) atoms. The van der Waals surface area contributed by atoms with Gasteiger partial charge in [0.1, 0.15) is 5.52 Å². The van der Waals surface area contributed by atoms with Crippen molar-refractivity contribution in [1.29, 1.82) is 0 Å². The third kappa shape index (κ3) is 4.99. The minimum absolute atomic E-state index is 0.845. The van der Waals surface area contributed by atoms with Gasteiger partial charge in [0.15, 0.2) is 12.0 Å². The first-order valence-electron chi connectivity index (χ1n) is 5.41. The Bertz CT molecular complexity index is 557. The zero-order valence-electron chi connectivity index (χ0n) is 9.92. The van der Waals surface area contributed by atoms with Gasteiger partial charge in [0.05, 0.1) is 5.51 Å². The summed E-state index contributed by atoms with van der Waals surface area (Å²) in [4.78, 5) is 7.69. The van der Waals surface area contributed by atoms with Crippen LogP contribution in [0.2, 0.25) is 0 Å². The van der Waals surface area contributed by atoms with Crippen LogP contribution in [-0.2, 0) is 0 Å². The highest BCUT2D eigenvalue weighted by molar-refractivity contribution is 7.07. The van der Waals surface area contributed by atoms with Gasteiger partial charge in [-0.25, -0.2) is 9.36 Å². The van der Waals surface area contributed by atoms with Crippen molar-refractivity contribution in [3.8, 4) is 0 Å². The van der Waals surface area contributed by atoms with Gasteiger partial charge in [0.25, 0.3) is 0 Å². The van der Waals surface area contributed by atoms with Crippen LogP contribution >= 0.6 is 22.9 Å². The van der Waals surface area contributed by atoms with E-state index in [0.29, 0.717) is 0 Å². The van der Waals surface area contributed by atoms with Gasteiger partial charge in [-0.3, -0.25) is 4.98 Å². The minimum Gasteiger partial charge on any atom is -0.443 e. The van der Waals surface area contributed by atoms with Crippen molar-refractivity contribution in [2.24, 2.45) is 0 Å². The van der Waals surface area contributed by atoms with Gasteiger partial charge in [-0.1, -0.05) is 12.1 Å². The molecule has 3 aromatic heterocycles. The molecule has 0 unspecified atom stereocenters. The highest BCUT2D eigenvalue weighted by atomic mass is 32.1. The lowest BCUT2D eigenvalue weighted by atomic mass is 10.3. The Morgan fingerprint density at radius 2 is 1.95 bits per heavy atom. The first-order valence-corrected chi connectivity index (χ1v) is 7.19. The van der Waals surface area contributed by atoms with E-state index in [1.54, 1.807) is 29.2 Å². The predicted octanol–water partition coefficient (Wildman–Crippen LogP) is 4.11. The van der Waals surface area contributed by atoms with E-state index in [9.17, 15) is 0 Å². The molecule has 0 aliphatic carbocycles. The maximum Gasteiger partial charge on any atom is 0.181 e. The summed E-state index contributed by atoms with van der Waals surface area (Å²) in [6, 6.07) is 9.57. The van der Waals surface area contributed by atoms with Crippen LogP contribution in [0.3, 0.4) is 0 Å². The maximum absolute atomic E-state index is 5.01. The quantitative estimate of drug-likeness (QED) is 0.489. The third-order valence-corrected chi connectivity index (χ3v) is 2.98. The second-order valence-electron chi connectivity index (χ2n) is 3.18. The Morgan fingerprint density at radius 3 is 2.47 bits per heavy atom. The first kappa shape index (κ1) is 13.4. The van der Waals surface area contributed by atoms with Crippen molar-refractivity contribution < 1.29 is 4.42 Å². The van der Waals surface area contributed by atoms with Crippen molar-refractivity contribution in [1.82, 2.24) is 14.3 Å². The van der Waals surface area contributed by atoms with Gasteiger partial charge in [-0.2, -0.15) is 0 Å². The topological polar surface area (TPSA) is 51.8 Å². The van der Waals surface area contributed by atoms with E-state index < -0.39 is 0 Å². The highest BCUT2D eigenvalue weighted by Crippen LogP contribution is 2.09. The van der Waals surface area contributed by atoms with Crippen LogP contribution in [0.4, 0.5) is 0 Å². The second-order valence-corrected chi connectivity index (χ2v) is 4.63. The molecular formula is C13H11N3OS2. The lowest BCUT2D eigenvalue weighted by Gasteiger charge is -1.79. The molecule has 0 saturated carbocycles. The summed E-state index contributed by atoms with van der Waals surface area (Å²) >= 11 is 3.06. The fraction of sp³-hybridized carbons (Fsp3) is 0. The Morgan fingerprint density at radius 1 is 1.00 bits per heavy atom. The molecule has 0 saturated heterocycles. The molecule has 0 amide bonds. The first-order chi connectivity index (χ1) is 9.47. The van der Waals surface area contributed by atoms with Gasteiger partial charge in [-0.05, 0) is 29.7 Å². The van der Waals surface area contributed by atoms with Crippen molar-refractivity contribution in [3.05, 3.63) is 65.4 Å². The Labute approximate surface area is 118 Å². The van der Waals surface area contributed by atoms with Crippen LogP contribution < -0.4 is 0 Å². The Kier molecular flexibility index (Phi) is 5.72. The number of nitrogens with zero attached hydrogens (tertiary/aromatic N) is 3. The fourth-order valence-corrected chi connectivity index (χ4v) is 1.86. The Balaban J connectivity index is 0.000000114. The molecule has 0 atom stereocenters. The van der Waals surface area contributed by atoms with Crippen LogP contribution in [0.25, 0.3) is 11.1 Å². The van der Waals surface area contributed by atoms with Crippen molar-refractivity contribution >= 4 is 34.0 Å². The van der Waals surface area contributed by atoms with Gasteiger partial charge < -0.3 is 4.42 Å². The van der Waals surface area contributed by atoms with Gasteiger partial charge in [-0.15, -0.1) is 11.3 Å². The van der Waals surface area contributed by atoms with Crippen LogP contribution in [0.5, 0.6) is 0 Å². The van der Waals surface area contributed by atoms with E-state index in [2.05, 4.69) is 14.3 Å². The number of para-hydroxylation sites is 2. The molecule has 0 aliphatic rings. The van der Waals surface area contributed by atoms with Gasteiger partial charge >= 0.3 is 0 Å². The van der Waals surface area contributed by atoms with E-state index in [-0.39, 0.29) is 0 Å². The molecule has 3 heterocycles. The molecule has 0 fully saturated rings. The summed E-state index contributed by atoms with van der Waals surface area (Å²) in [5, 5.41) is 3.86. The largest absolute Gasteiger partial charge is 0.443 e. The predicted molar refractivity (Wildman–Crippen MR) is 78.2 cm³/mol. The van der Waals surface area contributed by atoms with Crippen molar-refractivity contribution in [2.45, 2.75) is 0 Å². The number of thiazole rings is 1. The molecule has 4 rings (SSSR count). The average molecular weight is 289 g/mol. The standard InChI is InChI=1S/C7H5NO.2C3H3NS/c1-2-4-7-6(3-1)8-5-9-7;1-2-5-3-4-1;1-2-4-5-3-1/h1-5H;2*1-3H. The van der Waals surface area contributed by atoms with E-state index in [1.807, 2.05) is 41.1 Å². The second kappa shape index (κ2) is 8.12. The molecule has 0 radical (unpaired) electrons. The van der Waals surface area contributed by atoms with Crippen LogP contribution in [0.1, 0.15) is 0 Å². The van der Waals surface area contributed by atoms with Gasteiger partial charge in [0.2, 0.25) is 0 Å². The number of hydrogen-bond acceptors (Lipinski definition) is 6.